The quantitative estimate of drug-likeness (QED) is 0.456. The standard InChI is InChI=1S/C19H17F3N2O5/c20-19(21,22)13-7-3-4-8-14(13)23-15(25)10-29-16(26)9-24-17(27)11-5-1-2-6-12(11)18(24)28/h1-4,7-8,11-12H,5-6,9-10H2,(H,23,25)/t11-,12-/m0/s1. The van der Waals surface area contributed by atoms with Crippen LogP contribution in [0.4, 0.5) is 18.9 Å². The van der Waals surface area contributed by atoms with E-state index in [-0.39, 0.29) is 0 Å². The minimum Gasteiger partial charge on any atom is -0.454 e. The van der Waals surface area contributed by atoms with Crippen LogP contribution in [0.25, 0.3) is 0 Å². The molecule has 1 saturated heterocycles. The van der Waals surface area contributed by atoms with Crippen LogP contribution in [0, 0.1) is 11.8 Å². The molecule has 3 rings (SSSR count). The number of para-hydroxylation sites is 1. The van der Waals surface area contributed by atoms with E-state index in [0.717, 1.165) is 17.0 Å². The average Bonchev–Trinajstić information content (AvgIpc) is 2.91. The van der Waals surface area contributed by atoms with Crippen molar-refractivity contribution < 1.29 is 37.1 Å². The van der Waals surface area contributed by atoms with Gasteiger partial charge in [0, 0.05) is 0 Å². The number of allylic oxidation sites excluding steroid dienone is 2. The highest BCUT2D eigenvalue weighted by atomic mass is 19.4. The first-order valence-electron chi connectivity index (χ1n) is 8.80. The summed E-state index contributed by atoms with van der Waals surface area (Å²) in [7, 11) is 0. The Balaban J connectivity index is 1.53. The molecule has 0 bridgehead atoms. The summed E-state index contributed by atoms with van der Waals surface area (Å²) in [5.41, 5.74) is -1.51. The van der Waals surface area contributed by atoms with Crippen LogP contribution in [0.3, 0.4) is 0 Å². The number of rotatable bonds is 5. The second kappa shape index (κ2) is 8.06. The van der Waals surface area contributed by atoms with Crippen molar-refractivity contribution in [2.45, 2.75) is 19.0 Å². The summed E-state index contributed by atoms with van der Waals surface area (Å²) >= 11 is 0. The van der Waals surface area contributed by atoms with Gasteiger partial charge in [-0.3, -0.25) is 24.1 Å². The molecule has 0 radical (unpaired) electrons. The molecular weight excluding hydrogens is 393 g/mol. The van der Waals surface area contributed by atoms with Gasteiger partial charge in [-0.05, 0) is 25.0 Å². The third kappa shape index (κ3) is 4.47. The van der Waals surface area contributed by atoms with Crippen molar-refractivity contribution in [1.29, 1.82) is 0 Å². The van der Waals surface area contributed by atoms with Crippen LogP contribution in [0.15, 0.2) is 36.4 Å². The van der Waals surface area contributed by atoms with Crippen LogP contribution in [0.2, 0.25) is 0 Å². The number of carbonyl (C=O) groups is 4. The number of likely N-dealkylation sites (tertiary alicyclic amines) is 1. The van der Waals surface area contributed by atoms with Crippen molar-refractivity contribution in [3.05, 3.63) is 42.0 Å². The molecule has 29 heavy (non-hydrogen) atoms. The predicted molar refractivity (Wildman–Crippen MR) is 93.1 cm³/mol. The Morgan fingerprint density at radius 1 is 1.07 bits per heavy atom. The number of anilines is 1. The summed E-state index contributed by atoms with van der Waals surface area (Å²) in [6, 6.07) is 4.37. The summed E-state index contributed by atoms with van der Waals surface area (Å²) in [6.45, 7) is -1.49. The molecule has 0 unspecified atom stereocenters. The molecule has 1 aliphatic heterocycles. The van der Waals surface area contributed by atoms with Crippen LogP contribution in [-0.2, 0) is 30.1 Å². The van der Waals surface area contributed by atoms with Crippen LogP contribution in [-0.4, -0.2) is 41.7 Å². The molecule has 0 saturated carbocycles. The number of imide groups is 1. The van der Waals surface area contributed by atoms with Gasteiger partial charge in [-0.25, -0.2) is 0 Å². The third-order valence-electron chi connectivity index (χ3n) is 4.76. The van der Waals surface area contributed by atoms with Gasteiger partial charge < -0.3 is 10.1 Å². The van der Waals surface area contributed by atoms with E-state index in [0.29, 0.717) is 12.8 Å². The molecule has 7 nitrogen and oxygen atoms in total. The number of ether oxygens (including phenoxy) is 1. The predicted octanol–water partition coefficient (Wildman–Crippen LogP) is 2.14. The van der Waals surface area contributed by atoms with Crippen molar-refractivity contribution in [3.8, 4) is 0 Å². The zero-order chi connectivity index (χ0) is 21.2. The molecule has 2 aliphatic rings. The molecule has 0 spiro atoms. The minimum atomic E-state index is -4.66. The molecule has 10 heteroatoms. The van der Waals surface area contributed by atoms with Crippen LogP contribution < -0.4 is 5.32 Å². The first-order chi connectivity index (χ1) is 13.7. The highest BCUT2D eigenvalue weighted by Crippen LogP contribution is 2.35. The molecular formula is C19H17F3N2O5. The number of esters is 1. The molecule has 3 amide bonds. The zero-order valence-corrected chi connectivity index (χ0v) is 15.1. The van der Waals surface area contributed by atoms with Crippen molar-refractivity contribution in [3.63, 3.8) is 0 Å². The SMILES string of the molecule is O=C(COC(=O)CN1C(=O)[C@H]2CC=CC[C@@H]2C1=O)Nc1ccccc1C(F)(F)F. The fraction of sp³-hybridized carbons (Fsp3) is 0.368. The van der Waals surface area contributed by atoms with Crippen LogP contribution in [0.5, 0.6) is 0 Å². The largest absolute Gasteiger partial charge is 0.454 e. The molecule has 2 atom stereocenters. The van der Waals surface area contributed by atoms with Gasteiger partial charge in [0.05, 0.1) is 23.1 Å². The number of carbonyl (C=O) groups excluding carboxylic acids is 4. The summed E-state index contributed by atoms with van der Waals surface area (Å²) in [5.74, 6) is -3.91. The fourth-order valence-corrected chi connectivity index (χ4v) is 3.37. The molecule has 1 aromatic carbocycles. The van der Waals surface area contributed by atoms with Crippen molar-refractivity contribution >= 4 is 29.4 Å². The normalized spacial score (nSPS) is 21.1. The highest BCUT2D eigenvalue weighted by molar-refractivity contribution is 6.07. The lowest BCUT2D eigenvalue weighted by Gasteiger charge is -2.15. The Kier molecular flexibility index (Phi) is 5.71. The number of fused-ring (bicyclic) bond motifs is 1. The highest BCUT2D eigenvalue weighted by Gasteiger charge is 2.47. The average molecular weight is 410 g/mol. The first kappa shape index (κ1) is 20.6. The Morgan fingerprint density at radius 2 is 1.66 bits per heavy atom. The maximum Gasteiger partial charge on any atom is 0.418 e. The first-order valence-corrected chi connectivity index (χ1v) is 8.80. The number of benzene rings is 1. The van der Waals surface area contributed by atoms with E-state index in [1.54, 1.807) is 12.2 Å². The maximum absolute atomic E-state index is 12.9. The van der Waals surface area contributed by atoms with E-state index in [4.69, 9.17) is 4.74 Å². The Labute approximate surface area is 163 Å². The Morgan fingerprint density at radius 3 is 2.24 bits per heavy atom. The summed E-state index contributed by atoms with van der Waals surface area (Å²) in [4.78, 5) is 49.1. The van der Waals surface area contributed by atoms with Gasteiger partial charge in [0.2, 0.25) is 11.8 Å². The topological polar surface area (TPSA) is 92.8 Å². The molecule has 1 heterocycles. The van der Waals surface area contributed by atoms with Gasteiger partial charge in [0.25, 0.3) is 5.91 Å². The molecule has 1 N–H and O–H groups in total. The summed E-state index contributed by atoms with van der Waals surface area (Å²) in [6.07, 6.45) is -0.221. The van der Waals surface area contributed by atoms with Crippen molar-refractivity contribution in [2.24, 2.45) is 11.8 Å². The van der Waals surface area contributed by atoms with Gasteiger partial charge in [-0.1, -0.05) is 24.3 Å². The number of amides is 3. The summed E-state index contributed by atoms with van der Waals surface area (Å²) < 4.78 is 43.5. The minimum absolute atomic E-state index is 0.418. The van der Waals surface area contributed by atoms with E-state index in [9.17, 15) is 32.3 Å². The van der Waals surface area contributed by atoms with E-state index < -0.39 is 66.1 Å². The van der Waals surface area contributed by atoms with E-state index in [2.05, 4.69) is 0 Å². The molecule has 1 aromatic rings. The van der Waals surface area contributed by atoms with Crippen LogP contribution >= 0.6 is 0 Å². The van der Waals surface area contributed by atoms with Gasteiger partial charge >= 0.3 is 12.1 Å². The molecule has 1 fully saturated rings. The van der Waals surface area contributed by atoms with E-state index in [1.807, 2.05) is 5.32 Å². The van der Waals surface area contributed by atoms with Crippen molar-refractivity contribution in [1.82, 2.24) is 4.90 Å². The third-order valence-corrected chi connectivity index (χ3v) is 4.76. The molecule has 1 aliphatic carbocycles. The van der Waals surface area contributed by atoms with Crippen molar-refractivity contribution in [2.75, 3.05) is 18.5 Å². The van der Waals surface area contributed by atoms with Gasteiger partial charge in [-0.15, -0.1) is 0 Å². The van der Waals surface area contributed by atoms with Gasteiger partial charge in [-0.2, -0.15) is 13.2 Å². The number of alkyl halides is 3. The smallest absolute Gasteiger partial charge is 0.418 e. The van der Waals surface area contributed by atoms with Gasteiger partial charge in [0.15, 0.2) is 6.61 Å². The number of hydrogen-bond acceptors (Lipinski definition) is 5. The monoisotopic (exact) mass is 410 g/mol. The maximum atomic E-state index is 12.9. The lowest BCUT2D eigenvalue weighted by Crippen LogP contribution is -2.37. The number of nitrogens with one attached hydrogen (secondary N) is 1. The molecule has 0 aromatic heterocycles. The number of halogens is 3. The van der Waals surface area contributed by atoms with E-state index in [1.165, 1.54) is 12.1 Å². The fourth-order valence-electron chi connectivity index (χ4n) is 3.37. The second-order valence-corrected chi connectivity index (χ2v) is 6.67. The Bertz CT molecular complexity index is 855. The second-order valence-electron chi connectivity index (χ2n) is 6.67. The van der Waals surface area contributed by atoms with E-state index >= 15 is 0 Å². The van der Waals surface area contributed by atoms with Gasteiger partial charge in [0.1, 0.15) is 6.54 Å². The summed E-state index contributed by atoms with van der Waals surface area (Å²) in [5, 5.41) is 2.03. The van der Waals surface area contributed by atoms with Crippen LogP contribution in [0.1, 0.15) is 18.4 Å². The molecule has 154 valence electrons. The lowest BCUT2D eigenvalue weighted by molar-refractivity contribution is -0.154. The Hall–Kier alpha value is -3.17. The zero-order valence-electron chi connectivity index (χ0n) is 15.1. The number of nitrogens with zero attached hydrogens (tertiary/aromatic N) is 1. The number of hydrogen-bond donors (Lipinski definition) is 1. The lowest BCUT2D eigenvalue weighted by atomic mass is 9.85.